The van der Waals surface area contributed by atoms with Gasteiger partial charge in [0.05, 0.1) is 12.2 Å². The minimum atomic E-state index is -0.698. The Morgan fingerprint density at radius 1 is 1.00 bits per heavy atom. The zero-order chi connectivity index (χ0) is 21.0. The van der Waals surface area contributed by atoms with E-state index in [0.717, 1.165) is 19.3 Å². The van der Waals surface area contributed by atoms with Crippen molar-refractivity contribution in [2.45, 2.75) is 71.0 Å². The van der Waals surface area contributed by atoms with Crippen molar-refractivity contribution in [3.63, 3.8) is 0 Å². The standard InChI is InChI=1S/C25H38O4/c1-16-13-19(5-9-22(16)18-6-11-24(29-4)17(2)14-18)23-10-8-21(28-3)15-20(23)7-12-25(26)27/h8,10,13-14,18-24H,5-7,9,11-12,15H2,1-4H3,(H,26,27). The number of carboxylic acid groups (broad SMARTS) is 1. The Morgan fingerprint density at radius 2 is 1.72 bits per heavy atom. The highest BCUT2D eigenvalue weighted by atomic mass is 16.5. The lowest BCUT2D eigenvalue weighted by molar-refractivity contribution is -0.137. The van der Waals surface area contributed by atoms with Crippen LogP contribution in [0.2, 0.25) is 0 Å². The lowest BCUT2D eigenvalue weighted by atomic mass is 9.66. The zero-order valence-electron chi connectivity index (χ0n) is 18.5. The quantitative estimate of drug-likeness (QED) is 0.579. The lowest BCUT2D eigenvalue weighted by Gasteiger charge is -2.40. The minimum Gasteiger partial charge on any atom is -0.481 e. The van der Waals surface area contributed by atoms with Crippen LogP contribution in [0.5, 0.6) is 0 Å². The molecule has 4 heteroatoms. The maximum absolute atomic E-state index is 11.1. The maximum Gasteiger partial charge on any atom is 0.303 e. The van der Waals surface area contributed by atoms with Crippen molar-refractivity contribution in [3.8, 4) is 0 Å². The van der Waals surface area contributed by atoms with Gasteiger partial charge in [0.25, 0.3) is 0 Å². The molecule has 3 aliphatic carbocycles. The van der Waals surface area contributed by atoms with Crippen LogP contribution < -0.4 is 0 Å². The molecule has 0 bridgehead atoms. The van der Waals surface area contributed by atoms with Crippen LogP contribution in [0.4, 0.5) is 0 Å². The molecule has 0 radical (unpaired) electrons. The molecule has 0 fully saturated rings. The number of aliphatic carboxylic acids is 1. The van der Waals surface area contributed by atoms with E-state index in [0.29, 0.717) is 35.7 Å². The Kier molecular flexibility index (Phi) is 7.75. The van der Waals surface area contributed by atoms with Gasteiger partial charge in [-0.1, -0.05) is 29.9 Å². The number of ether oxygens (including phenoxy) is 2. The highest BCUT2D eigenvalue weighted by Crippen LogP contribution is 2.45. The van der Waals surface area contributed by atoms with Crippen molar-refractivity contribution in [1.82, 2.24) is 0 Å². The minimum absolute atomic E-state index is 0.121. The van der Waals surface area contributed by atoms with E-state index >= 15 is 0 Å². The van der Waals surface area contributed by atoms with E-state index in [2.05, 4.69) is 38.2 Å². The van der Waals surface area contributed by atoms with Crippen molar-refractivity contribution in [2.75, 3.05) is 14.2 Å². The molecular weight excluding hydrogens is 364 g/mol. The van der Waals surface area contributed by atoms with Gasteiger partial charge in [-0.3, -0.25) is 4.79 Å². The molecule has 7 atom stereocenters. The topological polar surface area (TPSA) is 55.8 Å². The van der Waals surface area contributed by atoms with Crippen LogP contribution in [0.1, 0.15) is 58.8 Å². The summed E-state index contributed by atoms with van der Waals surface area (Å²) in [6.07, 6.45) is 16.5. The first kappa shape index (κ1) is 22.3. The van der Waals surface area contributed by atoms with E-state index in [1.165, 1.54) is 30.4 Å². The van der Waals surface area contributed by atoms with E-state index in [1.54, 1.807) is 7.11 Å². The summed E-state index contributed by atoms with van der Waals surface area (Å²) in [5, 5.41) is 9.17. The lowest BCUT2D eigenvalue weighted by Crippen LogP contribution is -2.33. The molecule has 4 nitrogen and oxygen atoms in total. The van der Waals surface area contributed by atoms with Crippen molar-refractivity contribution in [1.29, 1.82) is 0 Å². The van der Waals surface area contributed by atoms with Crippen LogP contribution in [0.25, 0.3) is 0 Å². The van der Waals surface area contributed by atoms with E-state index in [1.807, 2.05) is 7.11 Å². The summed E-state index contributed by atoms with van der Waals surface area (Å²) in [5.41, 5.74) is 2.90. The summed E-state index contributed by atoms with van der Waals surface area (Å²) in [7, 11) is 3.55. The maximum atomic E-state index is 11.1. The average molecular weight is 403 g/mol. The Bertz CT molecular complexity index is 662. The van der Waals surface area contributed by atoms with Gasteiger partial charge < -0.3 is 14.6 Å². The third kappa shape index (κ3) is 5.40. The number of methoxy groups -OCH3 is 2. The van der Waals surface area contributed by atoms with Gasteiger partial charge in [0.2, 0.25) is 0 Å². The Labute approximate surface area is 176 Å². The number of carbonyl (C=O) groups is 1. The first-order valence-electron chi connectivity index (χ1n) is 11.2. The van der Waals surface area contributed by atoms with Crippen molar-refractivity contribution >= 4 is 5.97 Å². The molecular formula is C25H38O4. The average Bonchev–Trinajstić information content (AvgIpc) is 2.71. The SMILES string of the molecule is COC1C=CC(C2C=C(C)C(C3C=C(C)C(OC)CC3)CC2)C(CCC(=O)O)C1. The highest BCUT2D eigenvalue weighted by Gasteiger charge is 2.36. The second-order valence-electron chi connectivity index (χ2n) is 9.30. The monoisotopic (exact) mass is 402 g/mol. The summed E-state index contributed by atoms with van der Waals surface area (Å²) in [6.45, 7) is 4.51. The van der Waals surface area contributed by atoms with Gasteiger partial charge >= 0.3 is 5.97 Å². The molecule has 1 N–H and O–H groups in total. The predicted molar refractivity (Wildman–Crippen MR) is 116 cm³/mol. The van der Waals surface area contributed by atoms with E-state index < -0.39 is 5.97 Å². The predicted octanol–water partition coefficient (Wildman–Crippen LogP) is 5.40. The molecule has 0 heterocycles. The molecule has 29 heavy (non-hydrogen) atoms. The third-order valence-corrected chi connectivity index (χ3v) is 7.57. The van der Waals surface area contributed by atoms with Crippen LogP contribution in [0.3, 0.4) is 0 Å². The third-order valence-electron chi connectivity index (χ3n) is 7.57. The molecule has 3 rings (SSSR count). The molecule has 0 amide bonds. The molecule has 0 saturated carbocycles. The van der Waals surface area contributed by atoms with E-state index in [-0.39, 0.29) is 12.5 Å². The summed E-state index contributed by atoms with van der Waals surface area (Å²) in [4.78, 5) is 11.1. The molecule has 0 saturated heterocycles. The second-order valence-corrected chi connectivity index (χ2v) is 9.30. The second kappa shape index (κ2) is 10.1. The Morgan fingerprint density at radius 3 is 2.34 bits per heavy atom. The van der Waals surface area contributed by atoms with Crippen molar-refractivity contribution < 1.29 is 19.4 Å². The van der Waals surface area contributed by atoms with Gasteiger partial charge in [-0.05, 0) is 87.5 Å². The fourth-order valence-corrected chi connectivity index (χ4v) is 5.95. The largest absolute Gasteiger partial charge is 0.481 e. The molecule has 0 aromatic carbocycles. The van der Waals surface area contributed by atoms with Gasteiger partial charge in [0, 0.05) is 20.6 Å². The summed E-state index contributed by atoms with van der Waals surface area (Å²) >= 11 is 0. The van der Waals surface area contributed by atoms with Gasteiger partial charge in [0.1, 0.15) is 0 Å². The van der Waals surface area contributed by atoms with Crippen LogP contribution >= 0.6 is 0 Å². The Balaban J connectivity index is 1.71. The number of rotatable bonds is 7. The number of allylic oxidation sites excluding steroid dienone is 4. The smallest absolute Gasteiger partial charge is 0.303 e. The molecule has 0 aromatic heterocycles. The fourth-order valence-electron chi connectivity index (χ4n) is 5.95. The van der Waals surface area contributed by atoms with Gasteiger partial charge in [-0.15, -0.1) is 0 Å². The summed E-state index contributed by atoms with van der Waals surface area (Å²) in [6, 6.07) is 0. The summed E-state index contributed by atoms with van der Waals surface area (Å²) in [5.74, 6) is 1.89. The van der Waals surface area contributed by atoms with Crippen LogP contribution in [-0.4, -0.2) is 37.5 Å². The number of hydrogen-bond acceptors (Lipinski definition) is 3. The van der Waals surface area contributed by atoms with E-state index in [4.69, 9.17) is 14.6 Å². The van der Waals surface area contributed by atoms with Gasteiger partial charge in [-0.2, -0.15) is 0 Å². The first-order valence-corrected chi connectivity index (χ1v) is 11.2. The molecule has 3 aliphatic rings. The molecule has 0 spiro atoms. The van der Waals surface area contributed by atoms with Crippen LogP contribution in [-0.2, 0) is 14.3 Å². The molecule has 0 aromatic rings. The fraction of sp³-hybridized carbons (Fsp3) is 0.720. The summed E-state index contributed by atoms with van der Waals surface area (Å²) < 4.78 is 11.1. The van der Waals surface area contributed by atoms with Gasteiger partial charge in [-0.25, -0.2) is 0 Å². The first-order chi connectivity index (χ1) is 13.9. The number of hydrogen-bond donors (Lipinski definition) is 1. The van der Waals surface area contributed by atoms with Crippen LogP contribution in [0, 0.1) is 29.6 Å². The van der Waals surface area contributed by atoms with Crippen molar-refractivity contribution in [3.05, 3.63) is 35.5 Å². The molecule has 7 unspecified atom stereocenters. The van der Waals surface area contributed by atoms with Gasteiger partial charge in [0.15, 0.2) is 0 Å². The molecule has 162 valence electrons. The zero-order valence-corrected chi connectivity index (χ0v) is 18.5. The number of carboxylic acids is 1. The Hall–Kier alpha value is -1.39. The van der Waals surface area contributed by atoms with E-state index in [9.17, 15) is 4.79 Å². The van der Waals surface area contributed by atoms with Crippen LogP contribution in [0.15, 0.2) is 35.5 Å². The van der Waals surface area contributed by atoms with Crippen molar-refractivity contribution in [2.24, 2.45) is 29.6 Å². The normalized spacial score (nSPS) is 37.7. The molecule has 0 aliphatic heterocycles. The highest BCUT2D eigenvalue weighted by molar-refractivity contribution is 5.66.